The average Bonchev–Trinajstić information content (AvgIpc) is 3.11. The van der Waals surface area contributed by atoms with Crippen LogP contribution in [0.5, 0.6) is 0 Å². The van der Waals surface area contributed by atoms with Crippen molar-refractivity contribution in [1.82, 2.24) is 15.5 Å². The number of carboxylic acids is 2. The molecule has 12 heteroatoms. The molecule has 1 aliphatic heterocycles. The molecule has 0 aromatic heterocycles. The Hall–Kier alpha value is -2.34. The molecule has 0 aromatic rings. The second-order valence-electron chi connectivity index (χ2n) is 7.21. The lowest BCUT2D eigenvalue weighted by atomic mass is 10.0. The lowest BCUT2D eigenvalue weighted by Gasteiger charge is -2.29. The average molecular weight is 432 g/mol. The first-order valence-electron chi connectivity index (χ1n) is 9.21. The highest BCUT2D eigenvalue weighted by atomic mass is 32.1. The van der Waals surface area contributed by atoms with E-state index < -0.39 is 60.2 Å². The van der Waals surface area contributed by atoms with Gasteiger partial charge in [0, 0.05) is 12.3 Å². The Labute approximate surface area is 173 Å². The van der Waals surface area contributed by atoms with Crippen molar-refractivity contribution in [3.05, 3.63) is 0 Å². The molecule has 164 valence electrons. The summed E-state index contributed by atoms with van der Waals surface area (Å²) in [6, 6.07) is -4.37. The van der Waals surface area contributed by atoms with Crippen LogP contribution in [0.3, 0.4) is 0 Å². The minimum atomic E-state index is -1.27. The monoisotopic (exact) mass is 432 g/mol. The molecular weight excluding hydrogens is 404 g/mol. The molecule has 0 saturated carbocycles. The van der Waals surface area contributed by atoms with Crippen molar-refractivity contribution in [2.75, 3.05) is 12.3 Å². The van der Waals surface area contributed by atoms with Gasteiger partial charge in [-0.3, -0.25) is 19.2 Å². The number of nitrogens with one attached hydrogen (secondary N) is 2. The number of carboxylic acid groups (broad SMARTS) is 2. The number of amides is 3. The summed E-state index contributed by atoms with van der Waals surface area (Å²) < 4.78 is 0. The summed E-state index contributed by atoms with van der Waals surface area (Å²) in [6.45, 7) is 3.62. The number of nitrogens with zero attached hydrogens (tertiary/aromatic N) is 1. The van der Waals surface area contributed by atoms with Gasteiger partial charge in [-0.1, -0.05) is 13.8 Å². The molecule has 0 aliphatic carbocycles. The first-order valence-corrected chi connectivity index (χ1v) is 9.85. The Kier molecular flexibility index (Phi) is 9.37. The summed E-state index contributed by atoms with van der Waals surface area (Å²) in [4.78, 5) is 60.7. The molecule has 1 fully saturated rings. The summed E-state index contributed by atoms with van der Waals surface area (Å²) in [5.74, 6) is -4.84. The maximum Gasteiger partial charge on any atom is 0.327 e. The van der Waals surface area contributed by atoms with Gasteiger partial charge in [-0.05, 0) is 18.8 Å². The molecule has 1 heterocycles. The predicted molar refractivity (Wildman–Crippen MR) is 105 cm³/mol. The molecule has 0 unspecified atom stereocenters. The fourth-order valence-corrected chi connectivity index (χ4v) is 3.27. The van der Waals surface area contributed by atoms with Crippen LogP contribution in [0.4, 0.5) is 0 Å². The van der Waals surface area contributed by atoms with E-state index in [1.165, 1.54) is 4.90 Å². The van der Waals surface area contributed by atoms with Gasteiger partial charge in [0.05, 0.1) is 12.5 Å². The normalized spacial score (nSPS) is 19.3. The molecule has 6 N–H and O–H groups in total. The van der Waals surface area contributed by atoms with Gasteiger partial charge in [-0.2, -0.15) is 12.6 Å². The van der Waals surface area contributed by atoms with Gasteiger partial charge in [0.25, 0.3) is 0 Å². The largest absolute Gasteiger partial charge is 0.481 e. The van der Waals surface area contributed by atoms with Crippen molar-refractivity contribution in [2.24, 2.45) is 11.7 Å². The molecule has 29 heavy (non-hydrogen) atoms. The number of aliphatic carboxylic acids is 2. The van der Waals surface area contributed by atoms with Crippen molar-refractivity contribution in [3.63, 3.8) is 0 Å². The van der Waals surface area contributed by atoms with Gasteiger partial charge in [0.2, 0.25) is 17.7 Å². The Morgan fingerprint density at radius 1 is 1.17 bits per heavy atom. The van der Waals surface area contributed by atoms with Crippen LogP contribution in [0.25, 0.3) is 0 Å². The molecule has 4 atom stereocenters. The van der Waals surface area contributed by atoms with Gasteiger partial charge < -0.3 is 31.5 Å². The molecule has 1 aliphatic rings. The predicted octanol–water partition coefficient (Wildman–Crippen LogP) is -1.58. The van der Waals surface area contributed by atoms with E-state index in [1.807, 2.05) is 0 Å². The molecule has 0 spiro atoms. The van der Waals surface area contributed by atoms with Crippen molar-refractivity contribution >= 4 is 42.3 Å². The third-order valence-corrected chi connectivity index (χ3v) is 4.96. The van der Waals surface area contributed by atoms with Crippen LogP contribution in [0.15, 0.2) is 0 Å². The van der Waals surface area contributed by atoms with Gasteiger partial charge in [0.1, 0.15) is 18.1 Å². The van der Waals surface area contributed by atoms with E-state index in [0.29, 0.717) is 12.8 Å². The standard InChI is InChI=1S/C17H28N4O7S/c1-8(2)13(15(25)19-10(7-29)17(27)28)20-14(24)11-4-3-5-21(11)16(26)9(18)6-12(22)23/h8-11,13,29H,3-7,18H2,1-2H3,(H,19,25)(H,20,24)(H,22,23)(H,27,28)/t9-,10+,11-,13-/m0/s1. The van der Waals surface area contributed by atoms with E-state index in [-0.39, 0.29) is 18.2 Å². The number of rotatable bonds is 10. The maximum absolute atomic E-state index is 12.7. The van der Waals surface area contributed by atoms with Crippen LogP contribution in [-0.2, 0) is 24.0 Å². The Bertz CT molecular complexity index is 658. The summed E-state index contributed by atoms with van der Waals surface area (Å²) in [7, 11) is 0. The number of hydrogen-bond donors (Lipinski definition) is 6. The number of carbonyl (C=O) groups excluding carboxylic acids is 3. The van der Waals surface area contributed by atoms with Crippen LogP contribution in [-0.4, -0.2) is 81.2 Å². The summed E-state index contributed by atoms with van der Waals surface area (Å²) in [5, 5.41) is 22.8. The summed E-state index contributed by atoms with van der Waals surface area (Å²) >= 11 is 3.89. The third-order valence-electron chi connectivity index (χ3n) is 4.59. The Balaban J connectivity index is 2.86. The summed E-state index contributed by atoms with van der Waals surface area (Å²) in [5.41, 5.74) is 5.63. The highest BCUT2D eigenvalue weighted by Crippen LogP contribution is 2.19. The number of thiol groups is 1. The van der Waals surface area contributed by atoms with E-state index in [9.17, 15) is 24.0 Å². The van der Waals surface area contributed by atoms with E-state index in [0.717, 1.165) is 0 Å². The van der Waals surface area contributed by atoms with Gasteiger partial charge in [-0.25, -0.2) is 4.79 Å². The lowest BCUT2D eigenvalue weighted by molar-refractivity contribution is -0.144. The SMILES string of the molecule is CC(C)[C@H](NC(=O)[C@@H]1CCCN1C(=O)[C@@H](N)CC(=O)O)C(=O)N[C@H](CS)C(=O)O. The van der Waals surface area contributed by atoms with Crippen LogP contribution >= 0.6 is 12.6 Å². The first-order chi connectivity index (χ1) is 13.5. The van der Waals surface area contributed by atoms with Crippen molar-refractivity contribution in [2.45, 2.75) is 57.3 Å². The second kappa shape index (κ2) is 11.0. The fraction of sp³-hybridized carbons (Fsp3) is 0.706. The topological polar surface area (TPSA) is 179 Å². The Morgan fingerprint density at radius 2 is 1.79 bits per heavy atom. The van der Waals surface area contributed by atoms with Crippen LogP contribution in [0, 0.1) is 5.92 Å². The van der Waals surface area contributed by atoms with E-state index in [1.54, 1.807) is 13.8 Å². The number of carbonyl (C=O) groups is 5. The molecule has 11 nitrogen and oxygen atoms in total. The fourth-order valence-electron chi connectivity index (χ4n) is 3.02. The van der Waals surface area contributed by atoms with Crippen molar-refractivity contribution in [3.8, 4) is 0 Å². The maximum atomic E-state index is 12.7. The number of likely N-dealkylation sites (tertiary alicyclic amines) is 1. The van der Waals surface area contributed by atoms with E-state index in [2.05, 4.69) is 23.3 Å². The summed E-state index contributed by atoms with van der Waals surface area (Å²) in [6.07, 6.45) is 0.322. The zero-order chi connectivity index (χ0) is 22.3. The van der Waals surface area contributed by atoms with Gasteiger partial charge in [-0.15, -0.1) is 0 Å². The number of hydrogen-bond acceptors (Lipinski definition) is 7. The number of nitrogens with two attached hydrogens (primary N) is 1. The smallest absolute Gasteiger partial charge is 0.327 e. The molecule has 1 rings (SSSR count). The van der Waals surface area contributed by atoms with Crippen LogP contribution in [0.2, 0.25) is 0 Å². The van der Waals surface area contributed by atoms with Crippen molar-refractivity contribution in [1.29, 1.82) is 0 Å². The van der Waals surface area contributed by atoms with E-state index in [4.69, 9.17) is 15.9 Å². The zero-order valence-electron chi connectivity index (χ0n) is 16.3. The minimum absolute atomic E-state index is 0.119. The minimum Gasteiger partial charge on any atom is -0.481 e. The third kappa shape index (κ3) is 6.89. The highest BCUT2D eigenvalue weighted by molar-refractivity contribution is 7.80. The lowest BCUT2D eigenvalue weighted by Crippen LogP contribution is -2.58. The Morgan fingerprint density at radius 3 is 2.28 bits per heavy atom. The molecule has 0 radical (unpaired) electrons. The zero-order valence-corrected chi connectivity index (χ0v) is 17.2. The second-order valence-corrected chi connectivity index (χ2v) is 7.57. The molecule has 3 amide bonds. The molecule has 1 saturated heterocycles. The molecule has 0 aromatic carbocycles. The van der Waals surface area contributed by atoms with Crippen LogP contribution < -0.4 is 16.4 Å². The van der Waals surface area contributed by atoms with Gasteiger partial charge in [0.15, 0.2) is 0 Å². The van der Waals surface area contributed by atoms with Gasteiger partial charge >= 0.3 is 11.9 Å². The van der Waals surface area contributed by atoms with Crippen LogP contribution in [0.1, 0.15) is 33.1 Å². The quantitative estimate of drug-likeness (QED) is 0.224. The molecular formula is C17H28N4O7S. The van der Waals surface area contributed by atoms with Crippen molar-refractivity contribution < 1.29 is 34.2 Å². The first kappa shape index (κ1) is 24.7. The van der Waals surface area contributed by atoms with E-state index >= 15 is 0 Å². The highest BCUT2D eigenvalue weighted by Gasteiger charge is 2.38. The molecule has 0 bridgehead atoms.